The Kier molecular flexibility index (Phi) is 5.48. The first-order chi connectivity index (χ1) is 12.0. The lowest BCUT2D eigenvalue weighted by Gasteiger charge is -2.09. The van der Waals surface area contributed by atoms with Crippen LogP contribution in [0.1, 0.15) is 24.8 Å². The molecule has 0 saturated heterocycles. The number of benzene rings is 2. The number of rotatable bonds is 6. The number of carbonyl (C=O) groups is 2. The summed E-state index contributed by atoms with van der Waals surface area (Å²) < 4.78 is 14.4. The van der Waals surface area contributed by atoms with E-state index in [2.05, 4.69) is 26.6 Å². The highest BCUT2D eigenvalue weighted by atomic mass is 79.9. The molecule has 6 heteroatoms. The minimum absolute atomic E-state index is 0.0224. The number of aryl methyl sites for hydroxylation is 1. The molecule has 3 rings (SSSR count). The molecule has 1 fully saturated rings. The van der Waals surface area contributed by atoms with Crippen LogP contribution in [0, 0.1) is 11.7 Å². The van der Waals surface area contributed by atoms with Crippen molar-refractivity contribution in [2.75, 3.05) is 10.6 Å². The molecular weight excluding hydrogens is 387 g/mol. The number of hydrogen-bond donors (Lipinski definition) is 2. The van der Waals surface area contributed by atoms with E-state index in [9.17, 15) is 14.0 Å². The van der Waals surface area contributed by atoms with Crippen LogP contribution in [-0.2, 0) is 16.0 Å². The summed E-state index contributed by atoms with van der Waals surface area (Å²) in [5.41, 5.74) is 1.77. The maximum Gasteiger partial charge on any atom is 0.227 e. The molecule has 2 amide bonds. The Morgan fingerprint density at radius 3 is 2.48 bits per heavy atom. The Balaban J connectivity index is 1.54. The highest BCUT2D eigenvalue weighted by Crippen LogP contribution is 2.30. The Labute approximate surface area is 153 Å². The predicted octanol–water partition coefficient (Wildman–Crippen LogP) is 4.51. The molecule has 0 atom stereocenters. The van der Waals surface area contributed by atoms with Gasteiger partial charge in [-0.25, -0.2) is 4.39 Å². The van der Waals surface area contributed by atoms with Gasteiger partial charge in [0.2, 0.25) is 11.8 Å². The quantitative estimate of drug-likeness (QED) is 0.743. The van der Waals surface area contributed by atoms with Crippen LogP contribution in [0.25, 0.3) is 0 Å². The molecule has 130 valence electrons. The molecule has 0 spiro atoms. The van der Waals surface area contributed by atoms with E-state index in [1.54, 1.807) is 36.4 Å². The second-order valence-electron chi connectivity index (χ2n) is 6.13. The molecule has 2 aromatic rings. The van der Waals surface area contributed by atoms with Gasteiger partial charge < -0.3 is 10.6 Å². The lowest BCUT2D eigenvalue weighted by atomic mass is 10.1. The van der Waals surface area contributed by atoms with Gasteiger partial charge in [0.05, 0.1) is 0 Å². The van der Waals surface area contributed by atoms with E-state index in [-0.39, 0.29) is 30.0 Å². The first-order valence-corrected chi connectivity index (χ1v) is 8.95. The van der Waals surface area contributed by atoms with Crippen LogP contribution in [0.3, 0.4) is 0 Å². The van der Waals surface area contributed by atoms with Gasteiger partial charge in [-0.3, -0.25) is 9.59 Å². The third-order valence-corrected chi connectivity index (χ3v) is 4.49. The van der Waals surface area contributed by atoms with Crippen molar-refractivity contribution in [3.8, 4) is 0 Å². The Bertz CT molecular complexity index is 806. The summed E-state index contributed by atoms with van der Waals surface area (Å²) in [4.78, 5) is 23.9. The van der Waals surface area contributed by atoms with E-state index < -0.39 is 0 Å². The summed E-state index contributed by atoms with van der Waals surface area (Å²) in [6, 6.07) is 11.8. The molecule has 1 saturated carbocycles. The fraction of sp³-hybridized carbons (Fsp3) is 0.263. The van der Waals surface area contributed by atoms with Crippen molar-refractivity contribution in [2.45, 2.75) is 25.7 Å². The lowest BCUT2D eigenvalue weighted by Crippen LogP contribution is -2.15. The molecule has 0 aromatic heterocycles. The number of amides is 2. The van der Waals surface area contributed by atoms with Crippen LogP contribution in [0.4, 0.5) is 15.8 Å². The number of hydrogen-bond acceptors (Lipinski definition) is 2. The van der Waals surface area contributed by atoms with Gasteiger partial charge in [-0.05, 0) is 55.2 Å². The van der Waals surface area contributed by atoms with Crippen molar-refractivity contribution in [1.29, 1.82) is 0 Å². The average Bonchev–Trinajstić information content (AvgIpc) is 3.39. The summed E-state index contributed by atoms with van der Waals surface area (Å²) >= 11 is 3.21. The van der Waals surface area contributed by atoms with Crippen LogP contribution in [0.2, 0.25) is 0 Å². The molecule has 0 radical (unpaired) electrons. The monoisotopic (exact) mass is 404 g/mol. The van der Waals surface area contributed by atoms with Crippen molar-refractivity contribution in [1.82, 2.24) is 0 Å². The van der Waals surface area contributed by atoms with E-state index in [4.69, 9.17) is 0 Å². The molecule has 0 bridgehead atoms. The number of anilines is 2. The fourth-order valence-corrected chi connectivity index (χ4v) is 2.79. The highest BCUT2D eigenvalue weighted by Gasteiger charge is 2.29. The van der Waals surface area contributed by atoms with Crippen LogP contribution in [-0.4, -0.2) is 11.8 Å². The topological polar surface area (TPSA) is 58.2 Å². The lowest BCUT2D eigenvalue weighted by molar-refractivity contribution is -0.117. The van der Waals surface area contributed by atoms with Gasteiger partial charge in [-0.1, -0.05) is 28.1 Å². The van der Waals surface area contributed by atoms with Crippen molar-refractivity contribution < 1.29 is 14.0 Å². The zero-order chi connectivity index (χ0) is 17.8. The van der Waals surface area contributed by atoms with Crippen LogP contribution in [0.15, 0.2) is 46.9 Å². The third-order valence-electron chi connectivity index (χ3n) is 4.00. The number of nitrogens with one attached hydrogen (secondary N) is 2. The van der Waals surface area contributed by atoms with Crippen molar-refractivity contribution >= 4 is 39.1 Å². The van der Waals surface area contributed by atoms with Gasteiger partial charge in [-0.15, -0.1) is 0 Å². The molecule has 1 aliphatic rings. The largest absolute Gasteiger partial charge is 0.326 e. The van der Waals surface area contributed by atoms with E-state index in [0.717, 1.165) is 12.8 Å². The summed E-state index contributed by atoms with van der Waals surface area (Å²) in [6.07, 6.45) is 2.38. The second-order valence-corrected chi connectivity index (χ2v) is 7.04. The van der Waals surface area contributed by atoms with E-state index in [1.807, 2.05) is 0 Å². The molecule has 0 heterocycles. The summed E-state index contributed by atoms with van der Waals surface area (Å²) in [7, 11) is 0. The molecule has 4 nitrogen and oxygen atoms in total. The standard InChI is InChI=1S/C19H18BrFN2O2/c20-14-8-6-12(17(21)10-14)7-9-18(24)22-15-2-1-3-16(11-15)23-19(25)13-4-5-13/h1-3,6,8,10-11,13H,4-5,7,9H2,(H,22,24)(H,23,25). The smallest absolute Gasteiger partial charge is 0.227 e. The van der Waals surface area contributed by atoms with Crippen LogP contribution < -0.4 is 10.6 Å². The van der Waals surface area contributed by atoms with Gasteiger partial charge >= 0.3 is 0 Å². The average molecular weight is 405 g/mol. The minimum atomic E-state index is -0.327. The normalized spacial score (nSPS) is 13.4. The van der Waals surface area contributed by atoms with E-state index in [0.29, 0.717) is 27.8 Å². The summed E-state index contributed by atoms with van der Waals surface area (Å²) in [5, 5.41) is 5.62. The highest BCUT2D eigenvalue weighted by molar-refractivity contribution is 9.10. The number of halogens is 2. The van der Waals surface area contributed by atoms with Gasteiger partial charge in [0.1, 0.15) is 5.82 Å². The molecule has 0 aliphatic heterocycles. The summed E-state index contributed by atoms with van der Waals surface area (Å²) in [6.45, 7) is 0. The molecule has 0 unspecified atom stereocenters. The van der Waals surface area contributed by atoms with Gasteiger partial charge in [-0.2, -0.15) is 0 Å². The molecule has 25 heavy (non-hydrogen) atoms. The minimum Gasteiger partial charge on any atom is -0.326 e. The Morgan fingerprint density at radius 1 is 1.08 bits per heavy atom. The van der Waals surface area contributed by atoms with E-state index in [1.165, 1.54) is 6.07 Å². The molecule has 2 aromatic carbocycles. The zero-order valence-corrected chi connectivity index (χ0v) is 15.1. The van der Waals surface area contributed by atoms with Gasteiger partial charge in [0.15, 0.2) is 0 Å². The Hall–Kier alpha value is -2.21. The van der Waals surface area contributed by atoms with Crippen molar-refractivity contribution in [2.24, 2.45) is 5.92 Å². The molecule has 2 N–H and O–H groups in total. The van der Waals surface area contributed by atoms with Gasteiger partial charge in [0, 0.05) is 28.2 Å². The molecular formula is C19H18BrFN2O2. The van der Waals surface area contributed by atoms with Crippen LogP contribution >= 0.6 is 15.9 Å². The van der Waals surface area contributed by atoms with Crippen molar-refractivity contribution in [3.63, 3.8) is 0 Å². The number of carbonyl (C=O) groups excluding carboxylic acids is 2. The van der Waals surface area contributed by atoms with Gasteiger partial charge in [0.25, 0.3) is 0 Å². The van der Waals surface area contributed by atoms with Crippen LogP contribution in [0.5, 0.6) is 0 Å². The fourth-order valence-electron chi connectivity index (χ4n) is 2.46. The summed E-state index contributed by atoms with van der Waals surface area (Å²) in [5.74, 6) is -0.381. The first kappa shape index (κ1) is 17.6. The third kappa shape index (κ3) is 5.13. The predicted molar refractivity (Wildman–Crippen MR) is 98.8 cm³/mol. The second kappa shape index (κ2) is 7.78. The first-order valence-electron chi connectivity index (χ1n) is 8.16. The van der Waals surface area contributed by atoms with Crippen molar-refractivity contribution in [3.05, 3.63) is 58.3 Å². The zero-order valence-electron chi connectivity index (χ0n) is 13.5. The molecule has 1 aliphatic carbocycles. The Morgan fingerprint density at radius 2 is 1.80 bits per heavy atom. The SMILES string of the molecule is O=C(CCc1ccc(Br)cc1F)Nc1cccc(NC(=O)C2CC2)c1. The maximum atomic E-state index is 13.8. The maximum absolute atomic E-state index is 13.8. The van der Waals surface area contributed by atoms with E-state index >= 15 is 0 Å².